The summed E-state index contributed by atoms with van der Waals surface area (Å²) in [5.74, 6) is 0.730. The molecule has 53 heavy (non-hydrogen) atoms. The minimum absolute atomic E-state index is 0.162. The standard InChI is InChI=1S/C50H34N2S/c1-49(2)37-26-25-33(44-30-43(31-15-5-3-6-16-31)51-48(52-44)32-17-7-4-8-18-32)29-36(37)46-41(49)27-28-42-47(46)53-45-24-14-13-23-40(45)50(42)38-21-11-9-19-34(38)35-20-10-12-22-39(35)50/h3-30H,1-2H3. The second kappa shape index (κ2) is 11.2. The monoisotopic (exact) mass is 694 g/mol. The van der Waals surface area contributed by atoms with Crippen molar-refractivity contribution in [3.8, 4) is 56.2 Å². The van der Waals surface area contributed by atoms with Crippen LogP contribution in [0, 0.1) is 0 Å². The highest BCUT2D eigenvalue weighted by Crippen LogP contribution is 2.65. The highest BCUT2D eigenvalue weighted by molar-refractivity contribution is 7.99. The van der Waals surface area contributed by atoms with Crippen LogP contribution in [0.4, 0.5) is 0 Å². The van der Waals surface area contributed by atoms with E-state index in [9.17, 15) is 0 Å². The first kappa shape index (κ1) is 30.6. The van der Waals surface area contributed by atoms with Crippen LogP contribution in [0.15, 0.2) is 180 Å². The molecule has 11 rings (SSSR count). The van der Waals surface area contributed by atoms with Gasteiger partial charge in [0.2, 0.25) is 0 Å². The molecule has 7 aromatic carbocycles. The van der Waals surface area contributed by atoms with Crippen molar-refractivity contribution in [2.75, 3.05) is 0 Å². The molecule has 0 unspecified atom stereocenters. The number of hydrogen-bond acceptors (Lipinski definition) is 3. The molecule has 0 bridgehead atoms. The lowest BCUT2D eigenvalue weighted by molar-refractivity contribution is 0.656. The van der Waals surface area contributed by atoms with E-state index in [1.165, 1.54) is 65.4 Å². The molecule has 1 aromatic heterocycles. The zero-order valence-corrected chi connectivity index (χ0v) is 30.3. The van der Waals surface area contributed by atoms with E-state index < -0.39 is 5.41 Å². The largest absolute Gasteiger partial charge is 0.228 e. The lowest BCUT2D eigenvalue weighted by atomic mass is 9.66. The van der Waals surface area contributed by atoms with Gasteiger partial charge in [-0.05, 0) is 68.3 Å². The number of hydrogen-bond donors (Lipinski definition) is 0. The summed E-state index contributed by atoms with van der Waals surface area (Å²) < 4.78 is 0. The lowest BCUT2D eigenvalue weighted by Crippen LogP contribution is -2.32. The number of fused-ring (bicyclic) bond motifs is 13. The Morgan fingerprint density at radius 1 is 0.415 bits per heavy atom. The molecule has 2 heterocycles. The van der Waals surface area contributed by atoms with E-state index in [-0.39, 0.29) is 5.41 Å². The van der Waals surface area contributed by atoms with Gasteiger partial charge >= 0.3 is 0 Å². The van der Waals surface area contributed by atoms with Crippen molar-refractivity contribution in [2.24, 2.45) is 0 Å². The highest BCUT2D eigenvalue weighted by Gasteiger charge is 2.52. The molecule has 0 atom stereocenters. The van der Waals surface area contributed by atoms with Crippen LogP contribution in [0.25, 0.3) is 56.2 Å². The second-order valence-corrected chi connectivity index (χ2v) is 15.9. The first-order chi connectivity index (χ1) is 26.0. The van der Waals surface area contributed by atoms with Crippen LogP contribution in [-0.2, 0) is 10.8 Å². The van der Waals surface area contributed by atoms with E-state index in [2.05, 4.69) is 172 Å². The summed E-state index contributed by atoms with van der Waals surface area (Å²) in [7, 11) is 0. The summed E-state index contributed by atoms with van der Waals surface area (Å²) in [5, 5.41) is 0. The van der Waals surface area contributed by atoms with Crippen molar-refractivity contribution in [2.45, 2.75) is 34.5 Å². The minimum Gasteiger partial charge on any atom is -0.228 e. The molecule has 8 aromatic rings. The quantitative estimate of drug-likeness (QED) is 0.184. The van der Waals surface area contributed by atoms with Gasteiger partial charge in [0, 0.05) is 37.5 Å². The Hall–Kier alpha value is -6.03. The number of rotatable bonds is 3. The maximum atomic E-state index is 5.23. The van der Waals surface area contributed by atoms with Crippen molar-refractivity contribution in [1.82, 2.24) is 9.97 Å². The van der Waals surface area contributed by atoms with Gasteiger partial charge in [0.15, 0.2) is 5.82 Å². The molecule has 0 saturated heterocycles. The summed E-state index contributed by atoms with van der Waals surface area (Å²) in [6, 6.07) is 62.0. The van der Waals surface area contributed by atoms with Crippen LogP contribution in [0.1, 0.15) is 47.2 Å². The summed E-state index contributed by atoms with van der Waals surface area (Å²) in [6.07, 6.45) is 0. The van der Waals surface area contributed by atoms with Gasteiger partial charge in [-0.2, -0.15) is 0 Å². The lowest BCUT2D eigenvalue weighted by Gasteiger charge is -2.40. The van der Waals surface area contributed by atoms with Gasteiger partial charge in [-0.3, -0.25) is 0 Å². The van der Waals surface area contributed by atoms with E-state index in [0.29, 0.717) is 0 Å². The summed E-state index contributed by atoms with van der Waals surface area (Å²) in [5.41, 5.74) is 17.9. The molecule has 2 aliphatic carbocycles. The van der Waals surface area contributed by atoms with Crippen LogP contribution in [0.3, 0.4) is 0 Å². The van der Waals surface area contributed by atoms with Crippen molar-refractivity contribution >= 4 is 11.8 Å². The van der Waals surface area contributed by atoms with Gasteiger partial charge in [0.25, 0.3) is 0 Å². The fraction of sp³-hybridized carbons (Fsp3) is 0.0800. The average molecular weight is 695 g/mol. The molecular weight excluding hydrogens is 661 g/mol. The molecule has 3 aliphatic rings. The summed E-state index contributed by atoms with van der Waals surface area (Å²) in [4.78, 5) is 13.0. The van der Waals surface area contributed by atoms with Gasteiger partial charge in [-0.15, -0.1) is 0 Å². The molecule has 0 saturated carbocycles. The summed E-state index contributed by atoms with van der Waals surface area (Å²) >= 11 is 1.94. The predicted octanol–water partition coefficient (Wildman–Crippen LogP) is 12.6. The first-order valence-corrected chi connectivity index (χ1v) is 19.1. The number of benzene rings is 7. The Balaban J connectivity index is 1.17. The van der Waals surface area contributed by atoms with E-state index in [4.69, 9.17) is 9.97 Å². The predicted molar refractivity (Wildman–Crippen MR) is 217 cm³/mol. The van der Waals surface area contributed by atoms with E-state index in [0.717, 1.165) is 33.9 Å². The van der Waals surface area contributed by atoms with Crippen LogP contribution in [-0.4, -0.2) is 9.97 Å². The normalized spacial score (nSPS) is 14.8. The number of nitrogens with zero attached hydrogens (tertiary/aromatic N) is 2. The fourth-order valence-corrected chi connectivity index (χ4v) is 10.7. The Labute approximate surface area is 314 Å². The highest BCUT2D eigenvalue weighted by atomic mass is 32.2. The van der Waals surface area contributed by atoms with Gasteiger partial charge in [-0.1, -0.05) is 177 Å². The topological polar surface area (TPSA) is 25.8 Å². The first-order valence-electron chi connectivity index (χ1n) is 18.3. The Morgan fingerprint density at radius 3 is 1.66 bits per heavy atom. The molecule has 1 spiro atoms. The second-order valence-electron chi connectivity index (χ2n) is 14.9. The molecule has 0 fully saturated rings. The third-order valence-corrected chi connectivity index (χ3v) is 13.0. The van der Waals surface area contributed by atoms with Crippen molar-refractivity contribution in [1.29, 1.82) is 0 Å². The molecule has 1 aliphatic heterocycles. The summed E-state index contributed by atoms with van der Waals surface area (Å²) in [6.45, 7) is 4.76. The average Bonchev–Trinajstić information content (AvgIpc) is 3.64. The van der Waals surface area contributed by atoms with Crippen molar-refractivity contribution in [3.63, 3.8) is 0 Å². The van der Waals surface area contributed by atoms with Crippen LogP contribution < -0.4 is 0 Å². The zero-order valence-electron chi connectivity index (χ0n) is 29.5. The zero-order chi connectivity index (χ0) is 35.3. The SMILES string of the molecule is CC1(C)c2ccc(-c3cc(-c4ccccc4)nc(-c4ccccc4)n3)cc2-c2c1ccc1c2Sc2ccccc2C12c1ccccc1-c1ccccc12. The molecule has 3 heteroatoms. The molecule has 0 radical (unpaired) electrons. The Bertz CT molecular complexity index is 2680. The van der Waals surface area contributed by atoms with Crippen LogP contribution >= 0.6 is 11.8 Å². The van der Waals surface area contributed by atoms with Gasteiger partial charge < -0.3 is 0 Å². The third-order valence-electron chi connectivity index (χ3n) is 11.8. The van der Waals surface area contributed by atoms with Crippen molar-refractivity contribution < 1.29 is 0 Å². The molecule has 0 amide bonds. The van der Waals surface area contributed by atoms with Gasteiger partial charge in [-0.25, -0.2) is 9.97 Å². The Kier molecular flexibility index (Phi) is 6.48. The maximum absolute atomic E-state index is 5.23. The Morgan fingerprint density at radius 2 is 0.962 bits per heavy atom. The van der Waals surface area contributed by atoms with Gasteiger partial charge in [0.05, 0.1) is 16.8 Å². The smallest absolute Gasteiger partial charge is 0.160 e. The molecular formula is C50H34N2S. The molecule has 0 N–H and O–H groups in total. The van der Waals surface area contributed by atoms with E-state index >= 15 is 0 Å². The van der Waals surface area contributed by atoms with Crippen LogP contribution in [0.2, 0.25) is 0 Å². The maximum Gasteiger partial charge on any atom is 0.160 e. The van der Waals surface area contributed by atoms with Gasteiger partial charge in [0.1, 0.15) is 0 Å². The minimum atomic E-state index is -0.411. The molecule has 2 nitrogen and oxygen atoms in total. The van der Waals surface area contributed by atoms with Crippen LogP contribution in [0.5, 0.6) is 0 Å². The fourth-order valence-electron chi connectivity index (χ4n) is 9.38. The van der Waals surface area contributed by atoms with E-state index in [1.807, 2.05) is 23.9 Å². The van der Waals surface area contributed by atoms with E-state index in [1.54, 1.807) is 0 Å². The van der Waals surface area contributed by atoms with Crippen molar-refractivity contribution in [3.05, 3.63) is 203 Å². The molecule has 250 valence electrons. The third kappa shape index (κ3) is 4.23. The number of aromatic nitrogens is 2.